The number of benzene rings is 1. The van der Waals surface area contributed by atoms with Crippen LogP contribution in [0.2, 0.25) is 0 Å². The second-order valence-corrected chi connectivity index (χ2v) is 6.88. The van der Waals surface area contributed by atoms with Gasteiger partial charge >= 0.3 is 0 Å². The molecule has 148 valence electrons. The largest absolute Gasteiger partial charge is 0.381 e. The molecule has 2 fully saturated rings. The third-order valence-electron chi connectivity index (χ3n) is 5.35. The van der Waals surface area contributed by atoms with E-state index >= 15 is 0 Å². The number of rotatable bonds is 5. The van der Waals surface area contributed by atoms with Crippen LogP contribution >= 0.6 is 24.8 Å². The lowest BCUT2D eigenvalue weighted by Crippen LogP contribution is -2.50. The predicted molar refractivity (Wildman–Crippen MR) is 106 cm³/mol. The summed E-state index contributed by atoms with van der Waals surface area (Å²) in [5.74, 6) is 0.257. The van der Waals surface area contributed by atoms with Crippen molar-refractivity contribution >= 4 is 36.4 Å². The van der Waals surface area contributed by atoms with Gasteiger partial charge in [0.25, 0.3) is 0 Å². The summed E-state index contributed by atoms with van der Waals surface area (Å²) in [6.45, 7) is 4.05. The number of ether oxygens (including phenoxy) is 1. The number of halogens is 3. The molecule has 1 amide bonds. The predicted octanol–water partition coefficient (Wildman–Crippen LogP) is 2.37. The van der Waals surface area contributed by atoms with Crippen LogP contribution in [0.5, 0.6) is 0 Å². The first-order chi connectivity index (χ1) is 11.6. The summed E-state index contributed by atoms with van der Waals surface area (Å²) in [5.41, 5.74) is 6.45. The molecule has 1 aromatic rings. The molecule has 0 saturated carbocycles. The summed E-state index contributed by atoms with van der Waals surface area (Å²) in [6.07, 6.45) is 2.42. The van der Waals surface area contributed by atoms with Crippen molar-refractivity contribution in [3.63, 3.8) is 0 Å². The molecule has 1 atom stereocenters. The van der Waals surface area contributed by atoms with Crippen LogP contribution in [0.4, 0.5) is 10.1 Å². The van der Waals surface area contributed by atoms with Gasteiger partial charge in [-0.2, -0.15) is 0 Å². The Labute approximate surface area is 166 Å². The number of hydrogen-bond acceptors (Lipinski definition) is 4. The molecule has 8 heteroatoms. The fourth-order valence-electron chi connectivity index (χ4n) is 3.60. The van der Waals surface area contributed by atoms with E-state index in [1.54, 1.807) is 0 Å². The van der Waals surface area contributed by atoms with Crippen molar-refractivity contribution in [3.05, 3.63) is 30.1 Å². The Bertz CT molecular complexity index is 568. The summed E-state index contributed by atoms with van der Waals surface area (Å²) in [5, 5.41) is 3.11. The molecular weight excluding hydrogens is 380 g/mol. The van der Waals surface area contributed by atoms with Gasteiger partial charge in [0.1, 0.15) is 5.82 Å². The number of nitrogens with zero attached hydrogens (tertiary/aromatic N) is 1. The summed E-state index contributed by atoms with van der Waals surface area (Å²) in [4.78, 5) is 14.8. The second kappa shape index (κ2) is 10.3. The van der Waals surface area contributed by atoms with Gasteiger partial charge in [0.05, 0.1) is 5.41 Å². The molecule has 2 saturated heterocycles. The molecule has 0 aromatic heterocycles. The van der Waals surface area contributed by atoms with Gasteiger partial charge in [-0.25, -0.2) is 4.39 Å². The Balaban J connectivity index is 0.00000169. The van der Waals surface area contributed by atoms with Crippen molar-refractivity contribution in [2.75, 3.05) is 44.3 Å². The normalized spacial score (nSPS) is 21.5. The standard InChI is InChI=1S/C18H26FN3O2.2ClH/c19-15-1-3-16(4-2-15)22-8-5-14(12-22)11-21-17(23)18(13-20)6-9-24-10-7-18;;/h1-4,14H,5-13,20H2,(H,21,23);2*1H. The van der Waals surface area contributed by atoms with Crippen LogP contribution in [0.25, 0.3) is 0 Å². The highest BCUT2D eigenvalue weighted by molar-refractivity contribution is 5.85. The first-order valence-corrected chi connectivity index (χ1v) is 8.70. The van der Waals surface area contributed by atoms with E-state index in [1.165, 1.54) is 12.1 Å². The minimum Gasteiger partial charge on any atom is -0.381 e. The van der Waals surface area contributed by atoms with E-state index < -0.39 is 5.41 Å². The highest BCUT2D eigenvalue weighted by Crippen LogP contribution is 2.30. The molecule has 2 aliphatic rings. The highest BCUT2D eigenvalue weighted by Gasteiger charge is 2.39. The molecule has 0 spiro atoms. The Morgan fingerprint density at radius 1 is 1.27 bits per heavy atom. The van der Waals surface area contributed by atoms with E-state index in [0.717, 1.165) is 25.2 Å². The van der Waals surface area contributed by atoms with Gasteiger partial charge in [-0.1, -0.05) is 0 Å². The van der Waals surface area contributed by atoms with E-state index in [9.17, 15) is 9.18 Å². The second-order valence-electron chi connectivity index (χ2n) is 6.88. The third-order valence-corrected chi connectivity index (χ3v) is 5.35. The molecule has 0 aliphatic carbocycles. The minimum absolute atomic E-state index is 0. The maximum atomic E-state index is 13.0. The quantitative estimate of drug-likeness (QED) is 0.785. The Morgan fingerprint density at radius 2 is 1.92 bits per heavy atom. The zero-order valence-corrected chi connectivity index (χ0v) is 16.4. The molecule has 3 rings (SSSR count). The molecular formula is C18H28Cl2FN3O2. The molecule has 3 N–H and O–H groups in total. The maximum absolute atomic E-state index is 13.0. The lowest BCUT2D eigenvalue weighted by atomic mass is 9.79. The van der Waals surface area contributed by atoms with Gasteiger partial charge < -0.3 is 20.7 Å². The fraction of sp³-hybridized carbons (Fsp3) is 0.611. The van der Waals surface area contributed by atoms with Gasteiger partial charge in [-0.05, 0) is 49.4 Å². The molecule has 26 heavy (non-hydrogen) atoms. The third kappa shape index (κ3) is 5.22. The van der Waals surface area contributed by atoms with Crippen LogP contribution < -0.4 is 16.0 Å². The van der Waals surface area contributed by atoms with Crippen molar-refractivity contribution in [1.82, 2.24) is 5.32 Å². The van der Waals surface area contributed by atoms with Crippen LogP contribution in [-0.4, -0.2) is 45.3 Å². The average molecular weight is 408 g/mol. The van der Waals surface area contributed by atoms with Crippen molar-refractivity contribution in [2.45, 2.75) is 19.3 Å². The van der Waals surface area contributed by atoms with E-state index in [4.69, 9.17) is 10.5 Å². The fourth-order valence-corrected chi connectivity index (χ4v) is 3.60. The lowest BCUT2D eigenvalue weighted by Gasteiger charge is -2.34. The molecule has 1 unspecified atom stereocenters. The molecule has 0 radical (unpaired) electrons. The first-order valence-electron chi connectivity index (χ1n) is 8.70. The number of amides is 1. The maximum Gasteiger partial charge on any atom is 0.227 e. The van der Waals surface area contributed by atoms with Crippen molar-refractivity contribution in [2.24, 2.45) is 17.1 Å². The van der Waals surface area contributed by atoms with E-state index in [0.29, 0.717) is 45.1 Å². The first kappa shape index (κ1) is 23.0. The molecule has 5 nitrogen and oxygen atoms in total. The molecule has 2 heterocycles. The molecule has 0 bridgehead atoms. The van der Waals surface area contributed by atoms with Gasteiger partial charge in [0.2, 0.25) is 5.91 Å². The van der Waals surface area contributed by atoms with E-state index in [2.05, 4.69) is 10.2 Å². The van der Waals surface area contributed by atoms with Crippen LogP contribution in [0.1, 0.15) is 19.3 Å². The van der Waals surface area contributed by atoms with Gasteiger partial charge in [0.15, 0.2) is 0 Å². The zero-order valence-electron chi connectivity index (χ0n) is 14.8. The van der Waals surface area contributed by atoms with Crippen molar-refractivity contribution < 1.29 is 13.9 Å². The smallest absolute Gasteiger partial charge is 0.227 e. The number of hydrogen-bond donors (Lipinski definition) is 2. The van der Waals surface area contributed by atoms with Crippen molar-refractivity contribution in [1.29, 1.82) is 0 Å². The van der Waals surface area contributed by atoms with Crippen LogP contribution in [0.3, 0.4) is 0 Å². The summed E-state index contributed by atoms with van der Waals surface area (Å²) < 4.78 is 18.4. The van der Waals surface area contributed by atoms with E-state index in [-0.39, 0.29) is 36.5 Å². The SMILES string of the molecule is Cl.Cl.NCC1(C(=O)NCC2CCN(c3ccc(F)cc3)C2)CCOCC1. The van der Waals surface area contributed by atoms with Crippen LogP contribution in [-0.2, 0) is 9.53 Å². The summed E-state index contributed by atoms with van der Waals surface area (Å²) >= 11 is 0. The van der Waals surface area contributed by atoms with Gasteiger partial charge in [-0.3, -0.25) is 4.79 Å². The van der Waals surface area contributed by atoms with Gasteiger partial charge in [-0.15, -0.1) is 24.8 Å². The van der Waals surface area contributed by atoms with Crippen molar-refractivity contribution in [3.8, 4) is 0 Å². The van der Waals surface area contributed by atoms with Crippen LogP contribution in [0, 0.1) is 17.2 Å². The number of nitrogens with one attached hydrogen (secondary N) is 1. The number of carbonyl (C=O) groups is 1. The summed E-state index contributed by atoms with van der Waals surface area (Å²) in [6, 6.07) is 6.59. The highest BCUT2D eigenvalue weighted by atomic mass is 35.5. The Morgan fingerprint density at radius 3 is 2.54 bits per heavy atom. The Kier molecular flexibility index (Phi) is 9.10. The van der Waals surface area contributed by atoms with Crippen LogP contribution in [0.15, 0.2) is 24.3 Å². The topological polar surface area (TPSA) is 67.6 Å². The monoisotopic (exact) mass is 407 g/mol. The number of carbonyl (C=O) groups excluding carboxylic acids is 1. The average Bonchev–Trinajstić information content (AvgIpc) is 3.10. The zero-order chi connectivity index (χ0) is 17.0. The molecule has 1 aromatic carbocycles. The summed E-state index contributed by atoms with van der Waals surface area (Å²) in [7, 11) is 0. The minimum atomic E-state index is -0.465. The Hall–Kier alpha value is -1.08. The van der Waals surface area contributed by atoms with E-state index in [1.807, 2.05) is 12.1 Å². The molecule has 2 aliphatic heterocycles. The van der Waals surface area contributed by atoms with Gasteiger partial charge in [0, 0.05) is 45.1 Å². The number of nitrogens with two attached hydrogens (primary N) is 1. The number of anilines is 1. The lowest BCUT2D eigenvalue weighted by molar-refractivity contribution is -0.136.